The van der Waals surface area contributed by atoms with Crippen LogP contribution >= 0.6 is 0 Å². The minimum absolute atomic E-state index is 0.547. The van der Waals surface area contributed by atoms with Gasteiger partial charge in [-0.15, -0.1) is 0 Å². The molecule has 16 heavy (non-hydrogen) atoms. The van der Waals surface area contributed by atoms with E-state index in [1.54, 1.807) is 0 Å². The van der Waals surface area contributed by atoms with Gasteiger partial charge in [0.25, 0.3) is 0 Å². The molecule has 1 saturated carbocycles. The van der Waals surface area contributed by atoms with Crippen molar-refractivity contribution in [1.82, 2.24) is 0 Å². The molecule has 0 spiro atoms. The summed E-state index contributed by atoms with van der Waals surface area (Å²) in [5.41, 5.74) is 0.547. The van der Waals surface area contributed by atoms with Crippen LogP contribution in [0.15, 0.2) is 0 Å². The maximum Gasteiger partial charge on any atom is -0.0326 e. The molecule has 0 saturated heterocycles. The normalized spacial score (nSPS) is 40.1. The molecule has 0 aromatic carbocycles. The molecule has 0 heterocycles. The van der Waals surface area contributed by atoms with Crippen LogP contribution in [0.4, 0.5) is 0 Å². The molecule has 0 nitrogen and oxygen atoms in total. The number of rotatable bonds is 2. The molecule has 0 radical (unpaired) electrons. The summed E-state index contributed by atoms with van der Waals surface area (Å²) in [4.78, 5) is 0. The highest BCUT2D eigenvalue weighted by atomic mass is 14.4. The topological polar surface area (TPSA) is 0 Å². The Morgan fingerprint density at radius 2 is 1.69 bits per heavy atom. The highest BCUT2D eigenvalue weighted by Crippen LogP contribution is 2.44. The smallest absolute Gasteiger partial charge is 0.0326 e. The van der Waals surface area contributed by atoms with Gasteiger partial charge in [0, 0.05) is 0 Å². The molecule has 1 aliphatic carbocycles. The van der Waals surface area contributed by atoms with E-state index in [4.69, 9.17) is 0 Å². The first kappa shape index (κ1) is 14.1. The fourth-order valence-corrected chi connectivity index (χ4v) is 3.62. The molecule has 1 fully saturated rings. The molecular formula is C16H32. The molecule has 0 aromatic rings. The number of hydrogen-bond donors (Lipinski definition) is 0. The SMILES string of the molecule is CCCC1CCC(C)(C)C(C)C(C)CC1C. The van der Waals surface area contributed by atoms with Crippen molar-refractivity contribution in [2.45, 2.75) is 73.6 Å². The molecule has 96 valence electrons. The largest absolute Gasteiger partial charge is 0.0654 e. The van der Waals surface area contributed by atoms with Crippen molar-refractivity contribution >= 4 is 0 Å². The summed E-state index contributed by atoms with van der Waals surface area (Å²) >= 11 is 0. The van der Waals surface area contributed by atoms with E-state index in [0.717, 1.165) is 23.7 Å². The molecule has 1 rings (SSSR count). The van der Waals surface area contributed by atoms with Gasteiger partial charge in [-0.1, -0.05) is 54.4 Å². The van der Waals surface area contributed by atoms with Gasteiger partial charge >= 0.3 is 0 Å². The molecule has 0 aromatic heterocycles. The van der Waals surface area contributed by atoms with Crippen molar-refractivity contribution in [1.29, 1.82) is 0 Å². The monoisotopic (exact) mass is 224 g/mol. The van der Waals surface area contributed by atoms with Crippen LogP contribution in [0.25, 0.3) is 0 Å². The van der Waals surface area contributed by atoms with Crippen LogP contribution in [0.1, 0.15) is 73.6 Å². The van der Waals surface area contributed by atoms with Gasteiger partial charge in [-0.3, -0.25) is 0 Å². The first-order chi connectivity index (χ1) is 7.38. The third-order valence-corrected chi connectivity index (χ3v) is 5.45. The van der Waals surface area contributed by atoms with Crippen LogP contribution in [0.2, 0.25) is 0 Å². The van der Waals surface area contributed by atoms with Crippen molar-refractivity contribution in [3.05, 3.63) is 0 Å². The lowest BCUT2D eigenvalue weighted by atomic mass is 9.63. The minimum Gasteiger partial charge on any atom is -0.0654 e. The molecule has 0 heteroatoms. The lowest BCUT2D eigenvalue weighted by Gasteiger charge is -2.42. The predicted molar refractivity (Wildman–Crippen MR) is 73.5 cm³/mol. The Hall–Kier alpha value is 0. The van der Waals surface area contributed by atoms with Gasteiger partial charge < -0.3 is 0 Å². The Morgan fingerprint density at radius 1 is 1.06 bits per heavy atom. The Morgan fingerprint density at radius 3 is 2.25 bits per heavy atom. The van der Waals surface area contributed by atoms with Crippen molar-refractivity contribution in [2.75, 3.05) is 0 Å². The third kappa shape index (κ3) is 3.25. The molecule has 1 aliphatic rings. The second-order valence-corrected chi connectivity index (χ2v) is 7.05. The van der Waals surface area contributed by atoms with E-state index >= 15 is 0 Å². The lowest BCUT2D eigenvalue weighted by molar-refractivity contribution is 0.0823. The Labute approximate surface area is 103 Å². The molecule has 0 amide bonds. The van der Waals surface area contributed by atoms with E-state index in [-0.39, 0.29) is 0 Å². The van der Waals surface area contributed by atoms with E-state index in [0.29, 0.717) is 5.41 Å². The zero-order chi connectivity index (χ0) is 12.3. The van der Waals surface area contributed by atoms with Gasteiger partial charge in [-0.05, 0) is 48.3 Å². The fraction of sp³-hybridized carbons (Fsp3) is 1.00. The first-order valence-electron chi connectivity index (χ1n) is 7.38. The van der Waals surface area contributed by atoms with Gasteiger partial charge in [-0.2, -0.15) is 0 Å². The van der Waals surface area contributed by atoms with Crippen LogP contribution in [-0.2, 0) is 0 Å². The van der Waals surface area contributed by atoms with Gasteiger partial charge in [0.2, 0.25) is 0 Å². The highest BCUT2D eigenvalue weighted by Gasteiger charge is 2.34. The van der Waals surface area contributed by atoms with E-state index in [2.05, 4.69) is 41.5 Å². The van der Waals surface area contributed by atoms with Crippen molar-refractivity contribution in [2.24, 2.45) is 29.1 Å². The zero-order valence-electron chi connectivity index (χ0n) is 12.3. The summed E-state index contributed by atoms with van der Waals surface area (Å²) in [5, 5.41) is 0. The fourth-order valence-electron chi connectivity index (χ4n) is 3.62. The van der Waals surface area contributed by atoms with Gasteiger partial charge in [0.1, 0.15) is 0 Å². The maximum absolute atomic E-state index is 2.49. The maximum atomic E-state index is 2.49. The summed E-state index contributed by atoms with van der Waals surface area (Å²) in [6.07, 6.45) is 7.12. The second kappa shape index (κ2) is 5.56. The summed E-state index contributed by atoms with van der Waals surface area (Å²) in [6, 6.07) is 0. The van der Waals surface area contributed by atoms with Crippen LogP contribution in [0.3, 0.4) is 0 Å². The summed E-state index contributed by atoms with van der Waals surface area (Å²) in [5.74, 6) is 3.69. The molecule has 4 atom stereocenters. The average Bonchev–Trinajstić information content (AvgIpc) is 2.21. The first-order valence-corrected chi connectivity index (χ1v) is 7.38. The highest BCUT2D eigenvalue weighted by molar-refractivity contribution is 4.85. The van der Waals surface area contributed by atoms with Crippen LogP contribution in [-0.4, -0.2) is 0 Å². The Balaban J connectivity index is 2.72. The van der Waals surface area contributed by atoms with E-state index < -0.39 is 0 Å². The predicted octanol–water partition coefficient (Wildman–Crippen LogP) is 5.52. The summed E-state index contributed by atoms with van der Waals surface area (Å²) in [7, 11) is 0. The molecular weight excluding hydrogens is 192 g/mol. The van der Waals surface area contributed by atoms with Crippen molar-refractivity contribution in [3.8, 4) is 0 Å². The molecule has 0 aliphatic heterocycles. The number of hydrogen-bond acceptors (Lipinski definition) is 0. The standard InChI is InChI=1S/C16H32/c1-7-8-15-9-10-16(5,6)14(4)12(2)11-13(15)3/h12-15H,7-11H2,1-6H3. The van der Waals surface area contributed by atoms with Crippen LogP contribution < -0.4 is 0 Å². The van der Waals surface area contributed by atoms with Gasteiger partial charge in [0.15, 0.2) is 0 Å². The molecule has 0 N–H and O–H groups in total. The second-order valence-electron chi connectivity index (χ2n) is 7.05. The van der Waals surface area contributed by atoms with Gasteiger partial charge in [-0.25, -0.2) is 0 Å². The third-order valence-electron chi connectivity index (χ3n) is 5.45. The molecule has 0 bridgehead atoms. The van der Waals surface area contributed by atoms with E-state index in [1.165, 1.54) is 32.1 Å². The Bertz CT molecular complexity index is 204. The lowest BCUT2D eigenvalue weighted by Crippen LogP contribution is -2.32. The van der Waals surface area contributed by atoms with Crippen molar-refractivity contribution < 1.29 is 0 Å². The quantitative estimate of drug-likeness (QED) is 0.579. The average molecular weight is 224 g/mol. The van der Waals surface area contributed by atoms with Crippen LogP contribution in [0, 0.1) is 29.1 Å². The van der Waals surface area contributed by atoms with Gasteiger partial charge in [0.05, 0.1) is 0 Å². The Kier molecular flexibility index (Phi) is 4.88. The van der Waals surface area contributed by atoms with Crippen molar-refractivity contribution in [3.63, 3.8) is 0 Å². The van der Waals surface area contributed by atoms with E-state index in [9.17, 15) is 0 Å². The summed E-state index contributed by atoms with van der Waals surface area (Å²) in [6.45, 7) is 14.7. The van der Waals surface area contributed by atoms with E-state index in [1.807, 2.05) is 0 Å². The zero-order valence-corrected chi connectivity index (χ0v) is 12.3. The molecule has 4 unspecified atom stereocenters. The minimum atomic E-state index is 0.547. The van der Waals surface area contributed by atoms with Crippen LogP contribution in [0.5, 0.6) is 0 Å². The summed E-state index contributed by atoms with van der Waals surface area (Å²) < 4.78 is 0.